The fraction of sp³-hybridized carbons (Fsp3) is 0.273. The predicted octanol–water partition coefficient (Wildman–Crippen LogP) is 5.11. The molecule has 8 heteroatoms. The molecule has 0 spiro atoms. The minimum atomic E-state index is -1.03. The number of halogens is 1. The number of hydrogen-bond donors (Lipinski definition) is 3. The Morgan fingerprint density at radius 1 is 1.20 bits per heavy atom. The van der Waals surface area contributed by atoms with E-state index in [4.69, 9.17) is 14.6 Å². The van der Waals surface area contributed by atoms with Gasteiger partial charge in [-0.15, -0.1) is 0 Å². The highest BCUT2D eigenvalue weighted by atomic mass is 127. The molecule has 2 aromatic carbocycles. The van der Waals surface area contributed by atoms with Gasteiger partial charge in [0.15, 0.2) is 6.10 Å². The van der Waals surface area contributed by atoms with E-state index in [1.54, 1.807) is 36.4 Å². The average Bonchev–Trinajstić information content (AvgIpc) is 2.71. The van der Waals surface area contributed by atoms with E-state index < -0.39 is 24.3 Å². The summed E-state index contributed by atoms with van der Waals surface area (Å²) in [6.07, 6.45) is 1.22. The van der Waals surface area contributed by atoms with Crippen molar-refractivity contribution in [3.05, 3.63) is 69.8 Å². The number of phenolic OH excluding ortho intramolecular Hbond substituents is 1. The Bertz CT molecular complexity index is 871. The second-order valence-corrected chi connectivity index (χ2v) is 7.58. The highest BCUT2D eigenvalue weighted by Gasteiger charge is 2.30. The second kappa shape index (κ2) is 12.2. The Balaban J connectivity index is 2.26. The zero-order valence-electron chi connectivity index (χ0n) is 16.5. The van der Waals surface area contributed by atoms with Gasteiger partial charge in [0.25, 0.3) is 0 Å². The Labute approximate surface area is 188 Å². The number of ether oxygens (including phenoxy) is 2. The van der Waals surface area contributed by atoms with Crippen LogP contribution in [0.5, 0.6) is 5.75 Å². The summed E-state index contributed by atoms with van der Waals surface area (Å²) in [7, 11) is 0. The number of hydrogen-bond acceptors (Lipinski definition) is 5. The van der Waals surface area contributed by atoms with Crippen LogP contribution in [-0.4, -0.2) is 35.0 Å². The number of amides is 1. The van der Waals surface area contributed by atoms with E-state index in [9.17, 15) is 14.7 Å². The molecule has 0 bridgehead atoms. The van der Waals surface area contributed by atoms with Gasteiger partial charge in [-0.25, -0.2) is 9.59 Å². The highest BCUT2D eigenvalue weighted by molar-refractivity contribution is 14.1. The molecule has 0 aliphatic heterocycles. The molecule has 2 aromatic rings. The number of carboxylic acid groups (broad SMARTS) is 1. The van der Waals surface area contributed by atoms with E-state index in [0.717, 1.165) is 9.65 Å². The van der Waals surface area contributed by atoms with Crippen LogP contribution in [0.3, 0.4) is 0 Å². The van der Waals surface area contributed by atoms with E-state index in [-0.39, 0.29) is 5.75 Å². The van der Waals surface area contributed by atoms with E-state index in [1.807, 2.05) is 13.0 Å². The number of allylic oxidation sites excluding steroid dienone is 1. The first-order valence-electron chi connectivity index (χ1n) is 9.42. The summed E-state index contributed by atoms with van der Waals surface area (Å²) in [5, 5.41) is 21.8. The molecule has 2 rings (SSSR count). The third-order valence-electron chi connectivity index (χ3n) is 4.15. The van der Waals surface area contributed by atoms with E-state index in [1.165, 1.54) is 12.1 Å². The lowest BCUT2D eigenvalue weighted by atomic mass is 9.99. The first kappa shape index (κ1) is 23.7. The van der Waals surface area contributed by atoms with Crippen LogP contribution in [0, 0.1) is 3.57 Å². The van der Waals surface area contributed by atoms with Gasteiger partial charge >= 0.3 is 12.1 Å². The molecule has 0 unspecified atom stereocenters. The van der Waals surface area contributed by atoms with Crippen LogP contribution in [-0.2, 0) is 14.3 Å². The number of phenols is 1. The van der Waals surface area contributed by atoms with Crippen molar-refractivity contribution in [3.63, 3.8) is 0 Å². The monoisotopic (exact) mass is 525 g/mol. The van der Waals surface area contributed by atoms with Gasteiger partial charge in [0, 0.05) is 27.5 Å². The average molecular weight is 525 g/mol. The summed E-state index contributed by atoms with van der Waals surface area (Å²) in [6, 6.07) is 13.9. The Hall–Kier alpha value is -2.59. The zero-order valence-corrected chi connectivity index (χ0v) is 18.6. The molecule has 1 amide bonds. The van der Waals surface area contributed by atoms with E-state index in [2.05, 4.69) is 27.9 Å². The standard InChI is InChI=1S/C22H24INO6/c1-2-29-19(10-6-7-11-20(26)27)21(17-14-15(23)12-13-18(17)25)30-22(28)24-16-8-4-3-5-9-16/h3-5,7-9,11-14,19,21,25H,2,6,10H2,1H3,(H,24,28)(H,26,27)/b11-7+/t19-,21-/m1/s1. The van der Waals surface area contributed by atoms with Crippen molar-refractivity contribution >= 4 is 40.3 Å². The molecule has 0 aromatic heterocycles. The molecule has 2 atom stereocenters. The lowest BCUT2D eigenvalue weighted by molar-refractivity contribution is -0.131. The van der Waals surface area contributed by atoms with Crippen LogP contribution in [0.4, 0.5) is 10.5 Å². The lowest BCUT2D eigenvalue weighted by Crippen LogP contribution is -2.29. The number of nitrogens with one attached hydrogen (secondary N) is 1. The molecule has 0 saturated heterocycles. The second-order valence-electron chi connectivity index (χ2n) is 6.33. The predicted molar refractivity (Wildman–Crippen MR) is 122 cm³/mol. The zero-order chi connectivity index (χ0) is 21.9. The Kier molecular flexibility index (Phi) is 9.62. The minimum Gasteiger partial charge on any atom is -0.508 e. The lowest BCUT2D eigenvalue weighted by Gasteiger charge is -2.28. The van der Waals surface area contributed by atoms with Crippen LogP contribution in [0.2, 0.25) is 0 Å². The Morgan fingerprint density at radius 3 is 2.60 bits per heavy atom. The van der Waals surface area contributed by atoms with Crippen molar-refractivity contribution in [2.45, 2.75) is 32.0 Å². The number of carboxylic acids is 1. The van der Waals surface area contributed by atoms with Crippen LogP contribution < -0.4 is 5.32 Å². The Morgan fingerprint density at radius 2 is 1.93 bits per heavy atom. The van der Waals surface area contributed by atoms with Gasteiger partial charge in [-0.05, 0) is 72.7 Å². The molecular weight excluding hydrogens is 501 g/mol. The number of aliphatic carboxylic acids is 1. The van der Waals surface area contributed by atoms with Crippen LogP contribution in [0.15, 0.2) is 60.7 Å². The van der Waals surface area contributed by atoms with Crippen molar-refractivity contribution in [3.8, 4) is 5.75 Å². The molecule has 0 heterocycles. The summed E-state index contributed by atoms with van der Waals surface area (Å²) in [4.78, 5) is 23.3. The summed E-state index contributed by atoms with van der Waals surface area (Å²) < 4.78 is 12.4. The van der Waals surface area contributed by atoms with Gasteiger partial charge in [-0.2, -0.15) is 0 Å². The number of rotatable bonds is 10. The van der Waals surface area contributed by atoms with Crippen molar-refractivity contribution in [1.82, 2.24) is 0 Å². The largest absolute Gasteiger partial charge is 0.508 e. The molecule has 0 aliphatic carbocycles. The summed E-state index contributed by atoms with van der Waals surface area (Å²) >= 11 is 2.11. The van der Waals surface area contributed by atoms with Crippen LogP contribution in [0.25, 0.3) is 0 Å². The maximum atomic E-state index is 12.6. The topological polar surface area (TPSA) is 105 Å². The first-order chi connectivity index (χ1) is 14.4. The van der Waals surface area contributed by atoms with Crippen LogP contribution >= 0.6 is 22.6 Å². The van der Waals surface area contributed by atoms with Crippen molar-refractivity contribution in [2.24, 2.45) is 0 Å². The minimum absolute atomic E-state index is 0.0151. The van der Waals surface area contributed by atoms with Gasteiger partial charge in [0.2, 0.25) is 0 Å². The van der Waals surface area contributed by atoms with Gasteiger partial charge in [0.1, 0.15) is 5.75 Å². The summed E-state index contributed by atoms with van der Waals surface area (Å²) in [6.45, 7) is 2.17. The fourth-order valence-electron chi connectivity index (χ4n) is 2.86. The molecule has 0 aliphatic rings. The van der Waals surface area contributed by atoms with Gasteiger partial charge in [-0.3, -0.25) is 5.32 Å². The number of aromatic hydroxyl groups is 1. The summed E-state index contributed by atoms with van der Waals surface area (Å²) in [5.74, 6) is -1.05. The highest BCUT2D eigenvalue weighted by Crippen LogP contribution is 2.34. The fourth-order valence-corrected chi connectivity index (χ4v) is 3.37. The van der Waals surface area contributed by atoms with Gasteiger partial charge < -0.3 is 19.7 Å². The first-order valence-corrected chi connectivity index (χ1v) is 10.5. The van der Waals surface area contributed by atoms with Gasteiger partial charge in [0.05, 0.1) is 6.10 Å². The SMILES string of the molecule is CCO[C@H](CC/C=C/C(=O)O)[C@H](OC(=O)Nc1ccccc1)c1cc(I)ccc1O. The van der Waals surface area contributed by atoms with Crippen molar-refractivity contribution in [2.75, 3.05) is 11.9 Å². The van der Waals surface area contributed by atoms with Crippen molar-refractivity contribution < 1.29 is 29.3 Å². The molecule has 30 heavy (non-hydrogen) atoms. The quantitative estimate of drug-likeness (QED) is 0.294. The number of carbonyl (C=O) groups excluding carboxylic acids is 1. The number of anilines is 1. The third kappa shape index (κ3) is 7.68. The smallest absolute Gasteiger partial charge is 0.412 e. The molecule has 3 N–H and O–H groups in total. The molecule has 7 nitrogen and oxygen atoms in total. The van der Waals surface area contributed by atoms with Gasteiger partial charge in [-0.1, -0.05) is 24.3 Å². The third-order valence-corrected chi connectivity index (χ3v) is 4.82. The van der Waals surface area contributed by atoms with Crippen molar-refractivity contribution in [1.29, 1.82) is 0 Å². The number of para-hydroxylation sites is 1. The summed E-state index contributed by atoms with van der Waals surface area (Å²) in [5.41, 5.74) is 0.997. The number of carbonyl (C=O) groups is 2. The maximum Gasteiger partial charge on any atom is 0.412 e. The molecule has 0 fully saturated rings. The molecule has 0 saturated carbocycles. The number of benzene rings is 2. The normalized spacial score (nSPS) is 13.0. The molecular formula is C22H24INO6. The van der Waals surface area contributed by atoms with E-state index in [0.29, 0.717) is 30.7 Å². The maximum absolute atomic E-state index is 12.6. The molecule has 0 radical (unpaired) electrons. The molecule has 160 valence electrons. The van der Waals surface area contributed by atoms with Crippen LogP contribution in [0.1, 0.15) is 31.4 Å². The van der Waals surface area contributed by atoms with E-state index >= 15 is 0 Å².